The van der Waals surface area contributed by atoms with Crippen molar-refractivity contribution in [1.29, 1.82) is 0 Å². The van der Waals surface area contributed by atoms with Gasteiger partial charge >= 0.3 is 5.97 Å². The molecule has 0 aliphatic rings. The maximum Gasteiger partial charge on any atom is 0.340 e. The second-order valence-corrected chi connectivity index (χ2v) is 5.00. The Hall–Kier alpha value is -2.18. The van der Waals surface area contributed by atoms with Crippen LogP contribution in [0.15, 0.2) is 12.1 Å². The highest BCUT2D eigenvalue weighted by molar-refractivity contribution is 5.92. The molecule has 1 aromatic rings. The zero-order valence-corrected chi connectivity index (χ0v) is 12.5. The lowest BCUT2D eigenvalue weighted by Crippen LogP contribution is -2.25. The van der Waals surface area contributed by atoms with E-state index in [-0.39, 0.29) is 23.2 Å². The number of hydrogen-bond donors (Lipinski definition) is 1. The zero-order chi connectivity index (χ0) is 16.2. The fourth-order valence-electron chi connectivity index (χ4n) is 2.04. The maximum atomic E-state index is 13.8. The van der Waals surface area contributed by atoms with Crippen LogP contribution in [0.25, 0.3) is 0 Å². The van der Waals surface area contributed by atoms with Gasteiger partial charge < -0.3 is 10.1 Å². The number of carbonyl (C=O) groups excluding carboxylic acids is 1. The number of nitrogens with zero attached hydrogens (tertiary/aromatic N) is 1. The Morgan fingerprint density at radius 1 is 1.48 bits per heavy atom. The van der Waals surface area contributed by atoms with Gasteiger partial charge in [-0.3, -0.25) is 10.1 Å². The van der Waals surface area contributed by atoms with Gasteiger partial charge in [-0.1, -0.05) is 20.8 Å². The first-order valence-corrected chi connectivity index (χ1v) is 6.64. The fraction of sp³-hybridized carbons (Fsp3) is 0.500. The molecule has 0 saturated heterocycles. The number of halogens is 1. The van der Waals surface area contributed by atoms with E-state index in [0.717, 1.165) is 25.7 Å². The topological polar surface area (TPSA) is 81.5 Å². The number of hydrogen-bond acceptors (Lipinski definition) is 5. The van der Waals surface area contributed by atoms with Crippen LogP contribution in [0.5, 0.6) is 0 Å². The molecule has 0 aliphatic carbocycles. The lowest BCUT2D eigenvalue weighted by Gasteiger charge is -2.22. The highest BCUT2D eigenvalue weighted by Gasteiger charge is 2.24. The second-order valence-electron chi connectivity index (χ2n) is 5.00. The molecule has 0 spiro atoms. The van der Waals surface area contributed by atoms with Crippen LogP contribution in [0, 0.1) is 21.8 Å². The van der Waals surface area contributed by atoms with E-state index in [4.69, 9.17) is 0 Å². The number of nitrogens with one attached hydrogen (secondary N) is 1. The van der Waals surface area contributed by atoms with Crippen LogP contribution in [0.4, 0.5) is 15.8 Å². The normalized spacial score (nSPS) is 12.1. The lowest BCUT2D eigenvalue weighted by molar-refractivity contribution is -0.384. The third kappa shape index (κ3) is 3.90. The van der Waals surface area contributed by atoms with E-state index in [1.54, 1.807) is 0 Å². The molecule has 0 bridgehead atoms. The van der Waals surface area contributed by atoms with E-state index in [0.29, 0.717) is 0 Å². The Morgan fingerprint density at radius 2 is 2.10 bits per heavy atom. The average molecular weight is 298 g/mol. The lowest BCUT2D eigenvalue weighted by atomic mass is 10.0. The molecule has 1 atom stereocenters. The summed E-state index contributed by atoms with van der Waals surface area (Å²) in [6, 6.07) is 1.84. The van der Waals surface area contributed by atoms with Crippen molar-refractivity contribution in [3.8, 4) is 0 Å². The number of nitro benzene ring substituents is 1. The van der Waals surface area contributed by atoms with Crippen molar-refractivity contribution in [3.63, 3.8) is 0 Å². The third-order valence-electron chi connectivity index (χ3n) is 3.27. The average Bonchev–Trinajstić information content (AvgIpc) is 2.44. The summed E-state index contributed by atoms with van der Waals surface area (Å²) in [6.07, 6.45) is 0.736. The van der Waals surface area contributed by atoms with Crippen LogP contribution in [-0.4, -0.2) is 24.0 Å². The van der Waals surface area contributed by atoms with Crippen LogP contribution in [0.1, 0.15) is 37.6 Å². The molecule has 0 radical (unpaired) electrons. The second kappa shape index (κ2) is 7.01. The van der Waals surface area contributed by atoms with Crippen molar-refractivity contribution in [3.05, 3.63) is 33.6 Å². The molecule has 1 N–H and O–H groups in total. The van der Waals surface area contributed by atoms with Crippen molar-refractivity contribution in [2.75, 3.05) is 12.4 Å². The van der Waals surface area contributed by atoms with Gasteiger partial charge in [0.05, 0.1) is 23.7 Å². The fourth-order valence-corrected chi connectivity index (χ4v) is 2.04. The molecule has 1 unspecified atom stereocenters. The summed E-state index contributed by atoms with van der Waals surface area (Å²) in [7, 11) is 1.12. The molecule has 7 heteroatoms. The van der Waals surface area contributed by atoms with Gasteiger partial charge in [0, 0.05) is 6.04 Å². The Labute approximate surface area is 122 Å². The van der Waals surface area contributed by atoms with E-state index >= 15 is 0 Å². The number of carbonyl (C=O) groups is 1. The zero-order valence-electron chi connectivity index (χ0n) is 12.5. The molecule has 0 amide bonds. The number of rotatable bonds is 6. The minimum atomic E-state index is -0.975. The minimum Gasteiger partial charge on any atom is -0.465 e. The van der Waals surface area contributed by atoms with Crippen molar-refractivity contribution in [2.24, 2.45) is 5.92 Å². The summed E-state index contributed by atoms with van der Waals surface area (Å²) >= 11 is 0. The highest BCUT2D eigenvalue weighted by atomic mass is 19.1. The predicted octanol–water partition coefficient (Wildman–Crippen LogP) is 3.37. The number of anilines is 1. The number of benzene rings is 1. The van der Waals surface area contributed by atoms with Gasteiger partial charge in [-0.2, -0.15) is 0 Å². The van der Waals surface area contributed by atoms with E-state index in [9.17, 15) is 19.3 Å². The van der Waals surface area contributed by atoms with Crippen LogP contribution >= 0.6 is 0 Å². The van der Waals surface area contributed by atoms with E-state index in [1.807, 2.05) is 20.8 Å². The van der Waals surface area contributed by atoms with Gasteiger partial charge in [-0.25, -0.2) is 9.18 Å². The highest BCUT2D eigenvalue weighted by Crippen LogP contribution is 2.30. The molecular weight excluding hydrogens is 279 g/mol. The van der Waals surface area contributed by atoms with Gasteiger partial charge in [0.15, 0.2) is 0 Å². The molecule has 0 aliphatic heterocycles. The number of nitro groups is 1. The third-order valence-corrected chi connectivity index (χ3v) is 3.27. The first kappa shape index (κ1) is 16.9. The van der Waals surface area contributed by atoms with Crippen molar-refractivity contribution in [2.45, 2.75) is 33.2 Å². The van der Waals surface area contributed by atoms with E-state index in [2.05, 4.69) is 10.1 Å². The summed E-state index contributed by atoms with van der Waals surface area (Å²) < 4.78 is 18.2. The molecule has 1 rings (SSSR count). The molecule has 21 heavy (non-hydrogen) atoms. The Bertz CT molecular complexity index is 546. The first-order valence-electron chi connectivity index (χ1n) is 6.64. The minimum absolute atomic E-state index is 0.0281. The van der Waals surface area contributed by atoms with Gasteiger partial charge in [-0.15, -0.1) is 0 Å². The van der Waals surface area contributed by atoms with Gasteiger partial charge in [0.2, 0.25) is 0 Å². The van der Waals surface area contributed by atoms with Crippen LogP contribution in [0.2, 0.25) is 0 Å². The quantitative estimate of drug-likeness (QED) is 0.494. The Morgan fingerprint density at radius 3 is 2.52 bits per heavy atom. The van der Waals surface area contributed by atoms with Crippen LogP contribution in [0.3, 0.4) is 0 Å². The molecular formula is C14H19FN2O4. The smallest absolute Gasteiger partial charge is 0.340 e. The molecule has 116 valence electrons. The molecule has 0 fully saturated rings. The monoisotopic (exact) mass is 298 g/mol. The van der Waals surface area contributed by atoms with Gasteiger partial charge in [0.1, 0.15) is 11.5 Å². The SMILES string of the molecule is CCC(Nc1cc(C(=O)OC)c(F)cc1[N+](=O)[O-])C(C)C. The first-order chi connectivity index (χ1) is 9.81. The van der Waals surface area contributed by atoms with E-state index in [1.165, 1.54) is 0 Å². The number of esters is 1. The van der Waals surface area contributed by atoms with E-state index < -0.39 is 22.4 Å². The largest absolute Gasteiger partial charge is 0.465 e. The molecule has 1 aromatic carbocycles. The van der Waals surface area contributed by atoms with Gasteiger partial charge in [-0.05, 0) is 18.4 Å². The van der Waals surface area contributed by atoms with Crippen molar-refractivity contribution >= 4 is 17.3 Å². The Kier molecular flexibility index (Phi) is 5.63. The summed E-state index contributed by atoms with van der Waals surface area (Å²) in [6.45, 7) is 5.88. The summed E-state index contributed by atoms with van der Waals surface area (Å²) in [5.74, 6) is -1.62. The summed E-state index contributed by atoms with van der Waals surface area (Å²) in [5, 5.41) is 14.1. The van der Waals surface area contributed by atoms with Gasteiger partial charge in [0.25, 0.3) is 5.69 Å². The van der Waals surface area contributed by atoms with Crippen molar-refractivity contribution < 1.29 is 18.8 Å². The number of ether oxygens (including phenoxy) is 1. The van der Waals surface area contributed by atoms with Crippen molar-refractivity contribution in [1.82, 2.24) is 0 Å². The Balaban J connectivity index is 3.32. The summed E-state index contributed by atoms with van der Waals surface area (Å²) in [4.78, 5) is 21.9. The molecule has 0 aromatic heterocycles. The number of methoxy groups -OCH3 is 1. The molecule has 0 saturated carbocycles. The summed E-state index contributed by atoms with van der Waals surface area (Å²) in [5.41, 5.74) is -0.620. The predicted molar refractivity (Wildman–Crippen MR) is 76.9 cm³/mol. The maximum absolute atomic E-state index is 13.8. The standard InChI is InChI=1S/C14H19FN2O4/c1-5-11(8(2)3)16-12-6-9(14(18)21-4)10(15)7-13(12)17(19)20/h6-8,11,16H,5H2,1-4H3. The van der Waals surface area contributed by atoms with Crippen LogP contribution in [-0.2, 0) is 4.74 Å². The van der Waals surface area contributed by atoms with Crippen LogP contribution < -0.4 is 5.32 Å². The molecule has 6 nitrogen and oxygen atoms in total. The molecule has 0 heterocycles.